The average Bonchev–Trinajstić information content (AvgIpc) is 2.63. The van der Waals surface area contributed by atoms with Gasteiger partial charge in [0, 0.05) is 30.0 Å². The summed E-state index contributed by atoms with van der Waals surface area (Å²) in [6.45, 7) is 0.136. The van der Waals surface area contributed by atoms with Crippen molar-refractivity contribution in [2.75, 3.05) is 19.0 Å². The lowest BCUT2D eigenvalue weighted by Crippen LogP contribution is -2.27. The van der Waals surface area contributed by atoms with E-state index in [-0.39, 0.29) is 18.2 Å². The Morgan fingerprint density at radius 2 is 2.08 bits per heavy atom. The Morgan fingerprint density at radius 1 is 1.24 bits per heavy atom. The van der Waals surface area contributed by atoms with Crippen LogP contribution in [-0.4, -0.2) is 29.7 Å². The second-order valence-corrected chi connectivity index (χ2v) is 5.65. The third kappa shape index (κ3) is 3.54. The maximum Gasteiger partial charge on any atom is 0.233 e. The van der Waals surface area contributed by atoms with Crippen LogP contribution in [0.5, 0.6) is 11.5 Å². The van der Waals surface area contributed by atoms with Gasteiger partial charge in [-0.25, -0.2) is 0 Å². The van der Waals surface area contributed by atoms with Crippen molar-refractivity contribution in [2.24, 2.45) is 5.73 Å². The highest BCUT2D eigenvalue weighted by atomic mass is 16.5. The van der Waals surface area contributed by atoms with E-state index >= 15 is 0 Å². The van der Waals surface area contributed by atoms with Gasteiger partial charge in [0.05, 0.1) is 13.0 Å². The van der Waals surface area contributed by atoms with Gasteiger partial charge in [0.2, 0.25) is 5.91 Å². The molecule has 0 bridgehead atoms. The molecule has 128 valence electrons. The maximum atomic E-state index is 12.7. The molecule has 0 aliphatic heterocycles. The molecule has 0 spiro atoms. The van der Waals surface area contributed by atoms with Gasteiger partial charge in [-0.05, 0) is 41.3 Å². The Kier molecular flexibility index (Phi) is 4.81. The number of nitrogens with one attached hydrogen (secondary N) is 1. The van der Waals surface area contributed by atoms with Crippen LogP contribution in [0, 0.1) is 0 Å². The number of methoxy groups -OCH3 is 1. The van der Waals surface area contributed by atoms with E-state index in [2.05, 4.69) is 10.3 Å². The number of hydrogen-bond donors (Lipinski definition) is 3. The quantitative estimate of drug-likeness (QED) is 0.665. The van der Waals surface area contributed by atoms with Crippen LogP contribution in [0.4, 0.5) is 5.69 Å². The molecule has 6 heteroatoms. The topological polar surface area (TPSA) is 97.5 Å². The molecule has 25 heavy (non-hydrogen) atoms. The molecule has 0 radical (unpaired) electrons. The summed E-state index contributed by atoms with van der Waals surface area (Å²) in [4.78, 5) is 16.7. The number of aromatic nitrogens is 1. The minimum absolute atomic E-state index is 0.0190. The number of amides is 1. The molecule has 0 saturated carbocycles. The number of phenols is 1. The number of nitrogens with zero attached hydrogens (tertiary/aromatic N) is 1. The average molecular weight is 337 g/mol. The van der Waals surface area contributed by atoms with E-state index < -0.39 is 5.92 Å². The lowest BCUT2D eigenvalue weighted by molar-refractivity contribution is -0.117. The molecule has 1 aromatic heterocycles. The number of rotatable bonds is 5. The highest BCUT2D eigenvalue weighted by molar-refractivity contribution is 5.98. The molecule has 1 heterocycles. The van der Waals surface area contributed by atoms with Crippen LogP contribution in [-0.2, 0) is 4.79 Å². The Labute approximate surface area is 145 Å². The SMILES string of the molecule is COc1cc(C(CN)C(=O)Nc2ccc3cnccc3c2)ccc1O. The molecular weight excluding hydrogens is 318 g/mol. The Morgan fingerprint density at radius 3 is 2.84 bits per heavy atom. The number of anilines is 1. The highest BCUT2D eigenvalue weighted by Gasteiger charge is 2.20. The van der Waals surface area contributed by atoms with Crippen LogP contribution in [0.3, 0.4) is 0 Å². The summed E-state index contributed by atoms with van der Waals surface area (Å²) in [7, 11) is 1.46. The second-order valence-electron chi connectivity index (χ2n) is 5.65. The summed E-state index contributed by atoms with van der Waals surface area (Å²) in [5.74, 6) is -0.446. The van der Waals surface area contributed by atoms with E-state index in [1.165, 1.54) is 13.2 Å². The van der Waals surface area contributed by atoms with E-state index in [4.69, 9.17) is 10.5 Å². The lowest BCUT2D eigenvalue weighted by atomic mass is 9.97. The van der Waals surface area contributed by atoms with Gasteiger partial charge in [-0.3, -0.25) is 9.78 Å². The van der Waals surface area contributed by atoms with Gasteiger partial charge >= 0.3 is 0 Å². The van der Waals surface area contributed by atoms with Crippen LogP contribution in [0.1, 0.15) is 11.5 Å². The Bertz CT molecular complexity index is 911. The number of carbonyl (C=O) groups is 1. The van der Waals surface area contributed by atoms with Crippen molar-refractivity contribution in [2.45, 2.75) is 5.92 Å². The number of nitrogens with two attached hydrogens (primary N) is 1. The van der Waals surface area contributed by atoms with Gasteiger partial charge in [-0.1, -0.05) is 12.1 Å². The van der Waals surface area contributed by atoms with Crippen LogP contribution in [0.25, 0.3) is 10.8 Å². The van der Waals surface area contributed by atoms with Gasteiger partial charge in [0.15, 0.2) is 11.5 Å². The summed E-state index contributed by atoms with van der Waals surface area (Å²) in [6.07, 6.45) is 3.48. The van der Waals surface area contributed by atoms with Crippen molar-refractivity contribution in [3.63, 3.8) is 0 Å². The number of hydrogen-bond acceptors (Lipinski definition) is 5. The molecule has 2 aromatic carbocycles. The van der Waals surface area contributed by atoms with E-state index in [1.807, 2.05) is 24.3 Å². The van der Waals surface area contributed by atoms with Crippen molar-refractivity contribution in [1.82, 2.24) is 4.98 Å². The molecule has 1 unspecified atom stereocenters. The third-order valence-corrected chi connectivity index (χ3v) is 4.07. The third-order valence-electron chi connectivity index (χ3n) is 4.07. The predicted octanol–water partition coefficient (Wildman–Crippen LogP) is 2.63. The largest absolute Gasteiger partial charge is 0.504 e. The number of ether oxygens (including phenoxy) is 1. The van der Waals surface area contributed by atoms with Crippen molar-refractivity contribution >= 4 is 22.4 Å². The first kappa shape index (κ1) is 16.7. The monoisotopic (exact) mass is 337 g/mol. The van der Waals surface area contributed by atoms with Crippen molar-refractivity contribution in [1.29, 1.82) is 0 Å². The second kappa shape index (κ2) is 7.19. The van der Waals surface area contributed by atoms with Crippen LogP contribution < -0.4 is 15.8 Å². The zero-order chi connectivity index (χ0) is 17.8. The highest BCUT2D eigenvalue weighted by Crippen LogP contribution is 2.30. The van der Waals surface area contributed by atoms with Crippen molar-refractivity contribution < 1.29 is 14.6 Å². The fraction of sp³-hybridized carbons (Fsp3) is 0.158. The first-order valence-electron chi connectivity index (χ1n) is 7.84. The van der Waals surface area contributed by atoms with Crippen LogP contribution >= 0.6 is 0 Å². The number of carbonyl (C=O) groups excluding carboxylic acids is 1. The van der Waals surface area contributed by atoms with Gasteiger partial charge < -0.3 is 20.9 Å². The first-order valence-corrected chi connectivity index (χ1v) is 7.84. The fourth-order valence-electron chi connectivity index (χ4n) is 2.70. The molecule has 1 atom stereocenters. The molecule has 3 rings (SSSR count). The van der Waals surface area contributed by atoms with Gasteiger partial charge in [0.1, 0.15) is 0 Å². The number of benzene rings is 2. The summed E-state index contributed by atoms with van der Waals surface area (Å²) in [6, 6.07) is 12.3. The maximum absolute atomic E-state index is 12.7. The number of fused-ring (bicyclic) bond motifs is 1. The minimum atomic E-state index is -0.553. The molecule has 0 saturated heterocycles. The number of aromatic hydroxyl groups is 1. The summed E-state index contributed by atoms with van der Waals surface area (Å²) in [5, 5.41) is 14.6. The minimum Gasteiger partial charge on any atom is -0.504 e. The summed E-state index contributed by atoms with van der Waals surface area (Å²) in [5.41, 5.74) is 7.18. The van der Waals surface area contributed by atoms with E-state index in [9.17, 15) is 9.90 Å². The Balaban J connectivity index is 1.84. The molecule has 3 aromatic rings. The van der Waals surface area contributed by atoms with Gasteiger partial charge in [0.25, 0.3) is 0 Å². The molecular formula is C19H19N3O3. The zero-order valence-corrected chi connectivity index (χ0v) is 13.8. The normalized spacial score (nSPS) is 11.9. The van der Waals surface area contributed by atoms with Gasteiger partial charge in [-0.15, -0.1) is 0 Å². The molecule has 0 fully saturated rings. The summed E-state index contributed by atoms with van der Waals surface area (Å²) >= 11 is 0. The lowest BCUT2D eigenvalue weighted by Gasteiger charge is -2.17. The standard InChI is InChI=1S/C19H19N3O3/c1-25-18-9-13(3-5-17(18)23)16(10-20)19(24)22-15-4-2-14-11-21-7-6-12(14)8-15/h2-9,11,16,23H,10,20H2,1H3,(H,22,24). The van der Waals surface area contributed by atoms with Crippen molar-refractivity contribution in [3.05, 3.63) is 60.4 Å². The number of phenolic OH excluding ortho intramolecular Hbond substituents is 1. The summed E-state index contributed by atoms with van der Waals surface area (Å²) < 4.78 is 5.10. The predicted molar refractivity (Wildman–Crippen MR) is 96.8 cm³/mol. The molecule has 4 N–H and O–H groups in total. The number of pyridine rings is 1. The Hall–Kier alpha value is -3.12. The fourth-order valence-corrected chi connectivity index (χ4v) is 2.70. The van der Waals surface area contributed by atoms with E-state index in [1.54, 1.807) is 24.5 Å². The van der Waals surface area contributed by atoms with Crippen LogP contribution in [0.15, 0.2) is 54.9 Å². The molecule has 1 amide bonds. The molecule has 0 aliphatic carbocycles. The smallest absolute Gasteiger partial charge is 0.233 e. The van der Waals surface area contributed by atoms with E-state index in [0.717, 1.165) is 10.8 Å². The first-order chi connectivity index (χ1) is 12.1. The van der Waals surface area contributed by atoms with Crippen molar-refractivity contribution in [3.8, 4) is 11.5 Å². The van der Waals surface area contributed by atoms with E-state index in [0.29, 0.717) is 17.0 Å². The van der Waals surface area contributed by atoms with Gasteiger partial charge in [-0.2, -0.15) is 0 Å². The molecule has 0 aliphatic rings. The molecule has 6 nitrogen and oxygen atoms in total. The zero-order valence-electron chi connectivity index (χ0n) is 13.8. The van der Waals surface area contributed by atoms with Crippen LogP contribution in [0.2, 0.25) is 0 Å².